The molecule has 1 heterocycles. The molecule has 0 aromatic rings. The third-order valence-electron chi connectivity index (χ3n) is 4.08. The lowest BCUT2D eigenvalue weighted by Crippen LogP contribution is -2.59. The van der Waals surface area contributed by atoms with E-state index < -0.39 is 18.3 Å². The number of nitrogens with one attached hydrogen (secondary N) is 1. The molecule has 18 heavy (non-hydrogen) atoms. The molecule has 0 bridgehead atoms. The van der Waals surface area contributed by atoms with Gasteiger partial charge in [-0.3, -0.25) is 0 Å². The molecule has 1 aliphatic heterocycles. The van der Waals surface area contributed by atoms with Gasteiger partial charge >= 0.3 is 0 Å². The third kappa shape index (κ3) is 2.77. The number of aliphatic hydroxyl groups is 3. The van der Waals surface area contributed by atoms with Gasteiger partial charge in [0.15, 0.2) is 5.11 Å². The monoisotopic (exact) mass is 274 g/mol. The Hall–Kier alpha value is -0.430. The number of likely N-dealkylation sites (tertiary alicyclic amines) is 1. The lowest BCUT2D eigenvalue weighted by atomic mass is 9.79. The Morgan fingerprint density at radius 2 is 1.94 bits per heavy atom. The molecular formula is C12H22N2O3S. The quantitative estimate of drug-likeness (QED) is 0.506. The fourth-order valence-electron chi connectivity index (χ4n) is 2.66. The summed E-state index contributed by atoms with van der Waals surface area (Å²) in [6.45, 7) is 3.58. The van der Waals surface area contributed by atoms with Crippen LogP contribution in [-0.4, -0.2) is 62.8 Å². The molecule has 1 saturated heterocycles. The molecule has 5 nitrogen and oxygen atoms in total. The van der Waals surface area contributed by atoms with Crippen molar-refractivity contribution in [2.75, 3.05) is 13.1 Å². The second kappa shape index (κ2) is 5.69. The minimum atomic E-state index is -0.893. The summed E-state index contributed by atoms with van der Waals surface area (Å²) in [7, 11) is 0. The molecule has 0 aromatic heterocycles. The van der Waals surface area contributed by atoms with E-state index in [1.165, 1.54) is 0 Å². The zero-order valence-corrected chi connectivity index (χ0v) is 11.4. The molecule has 104 valence electrons. The van der Waals surface area contributed by atoms with Crippen LogP contribution in [0.2, 0.25) is 0 Å². The molecule has 2 rings (SSSR count). The molecule has 1 saturated carbocycles. The Bertz CT molecular complexity index is 310. The maximum atomic E-state index is 10.1. The van der Waals surface area contributed by atoms with Crippen molar-refractivity contribution in [1.29, 1.82) is 0 Å². The third-order valence-corrected chi connectivity index (χ3v) is 4.46. The zero-order chi connectivity index (χ0) is 13.3. The highest BCUT2D eigenvalue weighted by Gasteiger charge is 2.40. The number of nitrogens with zero attached hydrogens (tertiary/aromatic N) is 1. The van der Waals surface area contributed by atoms with Crippen LogP contribution >= 0.6 is 12.2 Å². The van der Waals surface area contributed by atoms with E-state index in [9.17, 15) is 15.3 Å². The molecular weight excluding hydrogens is 252 g/mol. The summed E-state index contributed by atoms with van der Waals surface area (Å²) in [4.78, 5) is 2.05. The number of hydrogen-bond acceptors (Lipinski definition) is 4. The van der Waals surface area contributed by atoms with Gasteiger partial charge in [0, 0.05) is 19.0 Å². The number of thiocarbonyl (C=S) groups is 1. The van der Waals surface area contributed by atoms with E-state index in [1.807, 2.05) is 0 Å². The predicted octanol–water partition coefficient (Wildman–Crippen LogP) is -0.552. The first-order chi connectivity index (χ1) is 8.50. The Labute approximate surface area is 113 Å². The second-order valence-corrected chi connectivity index (χ2v) is 5.75. The molecule has 0 spiro atoms. The van der Waals surface area contributed by atoms with Crippen LogP contribution in [0.25, 0.3) is 0 Å². The lowest BCUT2D eigenvalue weighted by molar-refractivity contribution is -0.0899. The number of rotatable bonds is 2. The highest BCUT2D eigenvalue weighted by Crippen LogP contribution is 2.28. The van der Waals surface area contributed by atoms with Crippen molar-refractivity contribution in [3.8, 4) is 0 Å². The molecule has 0 aromatic carbocycles. The van der Waals surface area contributed by atoms with Crippen molar-refractivity contribution in [2.45, 2.75) is 50.5 Å². The van der Waals surface area contributed by atoms with Crippen molar-refractivity contribution in [1.82, 2.24) is 10.2 Å². The van der Waals surface area contributed by atoms with Crippen LogP contribution < -0.4 is 5.32 Å². The summed E-state index contributed by atoms with van der Waals surface area (Å²) >= 11 is 5.25. The normalized spacial score (nSPS) is 37.9. The summed E-state index contributed by atoms with van der Waals surface area (Å²) in [5.41, 5.74) is 0. The summed E-state index contributed by atoms with van der Waals surface area (Å²) in [6.07, 6.45) is 0.186. The lowest BCUT2D eigenvalue weighted by Gasteiger charge is -2.42. The van der Waals surface area contributed by atoms with E-state index in [2.05, 4.69) is 10.2 Å². The first-order valence-corrected chi connectivity index (χ1v) is 7.01. The van der Waals surface area contributed by atoms with Gasteiger partial charge in [-0.15, -0.1) is 0 Å². The Morgan fingerprint density at radius 3 is 2.44 bits per heavy atom. The largest absolute Gasteiger partial charge is 0.393 e. The van der Waals surface area contributed by atoms with Gasteiger partial charge in [0.2, 0.25) is 0 Å². The van der Waals surface area contributed by atoms with Gasteiger partial charge in [0.05, 0.1) is 18.2 Å². The fourth-order valence-corrected chi connectivity index (χ4v) is 2.99. The summed E-state index contributed by atoms with van der Waals surface area (Å²) in [5.74, 6) is -0.254. The minimum absolute atomic E-state index is 0.219. The first kappa shape index (κ1) is 14.0. The Morgan fingerprint density at radius 1 is 1.28 bits per heavy atom. The van der Waals surface area contributed by atoms with Crippen molar-refractivity contribution in [3.05, 3.63) is 0 Å². The van der Waals surface area contributed by atoms with Crippen LogP contribution in [0.1, 0.15) is 26.2 Å². The molecule has 5 unspecified atom stereocenters. The Balaban J connectivity index is 1.89. The smallest absolute Gasteiger partial charge is 0.169 e. The number of aliphatic hydroxyl groups excluding tert-OH is 3. The molecule has 1 aliphatic carbocycles. The zero-order valence-electron chi connectivity index (χ0n) is 10.6. The summed E-state index contributed by atoms with van der Waals surface area (Å²) in [6, 6.07) is -0.219. The highest BCUT2D eigenvalue weighted by molar-refractivity contribution is 7.80. The molecule has 4 N–H and O–H groups in total. The predicted molar refractivity (Wildman–Crippen MR) is 72.1 cm³/mol. The summed E-state index contributed by atoms with van der Waals surface area (Å²) < 4.78 is 0. The molecule has 0 radical (unpaired) electrons. The van der Waals surface area contributed by atoms with Gasteiger partial charge < -0.3 is 25.5 Å². The average molecular weight is 274 g/mol. The SMILES string of the molecule is CC(O)C1CCC(NC(=S)N2CCC2)C(O)C1O. The first-order valence-electron chi connectivity index (χ1n) is 6.60. The van der Waals surface area contributed by atoms with Crippen LogP contribution in [0.5, 0.6) is 0 Å². The van der Waals surface area contributed by atoms with Crippen LogP contribution in [0.15, 0.2) is 0 Å². The van der Waals surface area contributed by atoms with Crippen LogP contribution in [0.4, 0.5) is 0 Å². The van der Waals surface area contributed by atoms with E-state index in [0.717, 1.165) is 19.5 Å². The molecule has 2 aliphatic rings. The van der Waals surface area contributed by atoms with Gasteiger partial charge in [-0.25, -0.2) is 0 Å². The van der Waals surface area contributed by atoms with Gasteiger partial charge in [-0.05, 0) is 38.4 Å². The maximum Gasteiger partial charge on any atom is 0.169 e. The Kier molecular flexibility index (Phi) is 4.42. The van der Waals surface area contributed by atoms with Crippen molar-refractivity contribution in [2.24, 2.45) is 5.92 Å². The molecule has 5 atom stereocenters. The van der Waals surface area contributed by atoms with E-state index in [1.54, 1.807) is 6.92 Å². The van der Waals surface area contributed by atoms with E-state index in [4.69, 9.17) is 12.2 Å². The number of hydrogen-bond donors (Lipinski definition) is 4. The van der Waals surface area contributed by atoms with Crippen molar-refractivity contribution in [3.63, 3.8) is 0 Å². The van der Waals surface area contributed by atoms with Gasteiger partial charge in [0.1, 0.15) is 6.10 Å². The van der Waals surface area contributed by atoms with E-state index in [0.29, 0.717) is 18.0 Å². The van der Waals surface area contributed by atoms with E-state index in [-0.39, 0.29) is 12.0 Å². The molecule has 0 amide bonds. The fraction of sp³-hybridized carbons (Fsp3) is 0.917. The van der Waals surface area contributed by atoms with Crippen LogP contribution in [0.3, 0.4) is 0 Å². The maximum absolute atomic E-state index is 10.1. The van der Waals surface area contributed by atoms with Gasteiger partial charge in [0.25, 0.3) is 0 Å². The van der Waals surface area contributed by atoms with Crippen LogP contribution in [0, 0.1) is 5.92 Å². The van der Waals surface area contributed by atoms with Crippen LogP contribution in [-0.2, 0) is 0 Å². The van der Waals surface area contributed by atoms with E-state index >= 15 is 0 Å². The van der Waals surface area contributed by atoms with Gasteiger partial charge in [-0.2, -0.15) is 0 Å². The standard InChI is InChI=1S/C12H22N2O3S/c1-7(15)8-3-4-9(11(17)10(8)16)13-12(18)14-5-2-6-14/h7-11,15-17H,2-6H2,1H3,(H,13,18). The topological polar surface area (TPSA) is 76.0 Å². The van der Waals surface area contributed by atoms with Crippen molar-refractivity contribution >= 4 is 17.3 Å². The minimum Gasteiger partial charge on any atom is -0.393 e. The highest BCUT2D eigenvalue weighted by atomic mass is 32.1. The molecule has 6 heteroatoms. The second-order valence-electron chi connectivity index (χ2n) is 5.36. The summed E-state index contributed by atoms with van der Waals surface area (Å²) in [5, 5.41) is 33.4. The average Bonchev–Trinajstić information content (AvgIpc) is 2.22. The van der Waals surface area contributed by atoms with Crippen molar-refractivity contribution < 1.29 is 15.3 Å². The van der Waals surface area contributed by atoms with Gasteiger partial charge in [-0.1, -0.05) is 0 Å². The molecule has 2 fully saturated rings.